The van der Waals surface area contributed by atoms with E-state index in [0.29, 0.717) is 0 Å². The van der Waals surface area contributed by atoms with E-state index < -0.39 is 5.41 Å². The van der Waals surface area contributed by atoms with E-state index in [1.54, 1.807) is 0 Å². The number of fused-ring (bicyclic) bond motifs is 16. The minimum atomic E-state index is -0.463. The quantitative estimate of drug-likeness (QED) is 0.171. The van der Waals surface area contributed by atoms with Gasteiger partial charge in [0.15, 0.2) is 0 Å². The Hall–Kier alpha value is -5.89. The summed E-state index contributed by atoms with van der Waals surface area (Å²) in [6.07, 6.45) is 0. The second kappa shape index (κ2) is 9.63. The summed E-state index contributed by atoms with van der Waals surface area (Å²) in [7, 11) is 0. The summed E-state index contributed by atoms with van der Waals surface area (Å²) in [4.78, 5) is 2.66. The Morgan fingerprint density at radius 2 is 0.920 bits per heavy atom. The average molecular weight is 649 g/mol. The molecule has 12 rings (SSSR count). The van der Waals surface area contributed by atoms with Crippen molar-refractivity contribution in [2.24, 2.45) is 0 Å². The molecule has 9 aromatic carbocycles. The van der Waals surface area contributed by atoms with E-state index in [9.17, 15) is 0 Å². The summed E-state index contributed by atoms with van der Waals surface area (Å²) in [6.45, 7) is 0. The van der Waals surface area contributed by atoms with Crippen LogP contribution in [-0.4, -0.2) is 0 Å². The lowest BCUT2D eigenvalue weighted by atomic mass is 9.68. The molecule has 0 unspecified atom stereocenters. The third-order valence-corrected chi connectivity index (χ3v) is 12.8. The van der Waals surface area contributed by atoms with E-state index in [2.05, 4.69) is 170 Å². The van der Waals surface area contributed by atoms with Crippen LogP contribution in [0.2, 0.25) is 0 Å². The van der Waals surface area contributed by atoms with Gasteiger partial charge in [0.05, 0.1) is 5.41 Å². The first-order valence-electron chi connectivity index (χ1n) is 17.4. The molecule has 0 fully saturated rings. The summed E-state index contributed by atoms with van der Waals surface area (Å²) in [5.41, 5.74) is 15.7. The first-order valence-corrected chi connectivity index (χ1v) is 18.2. The summed E-state index contributed by atoms with van der Waals surface area (Å²) < 4.78 is 0. The zero-order valence-corrected chi connectivity index (χ0v) is 27.9. The van der Waals surface area contributed by atoms with E-state index in [4.69, 9.17) is 0 Å². The highest BCUT2D eigenvalue weighted by Crippen LogP contribution is 2.65. The number of benzene rings is 9. The van der Waals surface area contributed by atoms with Crippen LogP contribution in [0.25, 0.3) is 76.8 Å². The molecule has 0 nitrogen and oxygen atoms in total. The molecule has 0 aromatic heterocycles. The van der Waals surface area contributed by atoms with Crippen molar-refractivity contribution >= 4 is 44.1 Å². The highest BCUT2D eigenvalue weighted by molar-refractivity contribution is 7.99. The molecule has 1 heterocycles. The molecule has 230 valence electrons. The fourth-order valence-corrected chi connectivity index (χ4v) is 10.9. The van der Waals surface area contributed by atoms with Crippen molar-refractivity contribution in [3.63, 3.8) is 0 Å². The van der Waals surface area contributed by atoms with Crippen molar-refractivity contribution in [1.82, 2.24) is 0 Å². The van der Waals surface area contributed by atoms with Crippen LogP contribution in [0.3, 0.4) is 0 Å². The molecular weight excluding hydrogens is 621 g/mol. The SMILES string of the molecule is c1ccc2c(c1)Sc1ccc(-c3ccc4c(c3)C3(c5ccccc5-4)c4c(ccc5ccccc45)-c4ccc5ccccc5c43)c3cccc-2c13. The fourth-order valence-electron chi connectivity index (χ4n) is 9.74. The van der Waals surface area contributed by atoms with E-state index in [0.717, 1.165) is 0 Å². The Morgan fingerprint density at radius 3 is 1.70 bits per heavy atom. The lowest BCUT2D eigenvalue weighted by Crippen LogP contribution is -2.26. The molecule has 9 aromatic rings. The monoisotopic (exact) mass is 648 g/mol. The molecule has 0 radical (unpaired) electrons. The van der Waals surface area contributed by atoms with Crippen molar-refractivity contribution < 1.29 is 0 Å². The zero-order valence-electron chi connectivity index (χ0n) is 27.1. The molecule has 1 aliphatic heterocycles. The van der Waals surface area contributed by atoms with Gasteiger partial charge in [0.25, 0.3) is 0 Å². The van der Waals surface area contributed by atoms with Gasteiger partial charge in [-0.1, -0.05) is 163 Å². The second-order valence-electron chi connectivity index (χ2n) is 13.9. The largest absolute Gasteiger partial charge is 0.0888 e. The van der Waals surface area contributed by atoms with Gasteiger partial charge >= 0.3 is 0 Å². The molecule has 1 spiro atoms. The maximum Gasteiger partial charge on any atom is 0.0737 e. The summed E-state index contributed by atoms with van der Waals surface area (Å²) >= 11 is 1.89. The van der Waals surface area contributed by atoms with Gasteiger partial charge in [-0.3, -0.25) is 0 Å². The fraction of sp³-hybridized carbons (Fsp3) is 0.0204. The highest BCUT2D eigenvalue weighted by Gasteiger charge is 2.53. The molecule has 1 heteroatoms. The number of rotatable bonds is 1. The van der Waals surface area contributed by atoms with Gasteiger partial charge in [-0.15, -0.1) is 0 Å². The number of hydrogen-bond acceptors (Lipinski definition) is 1. The predicted octanol–water partition coefficient (Wildman–Crippen LogP) is 13.3. The summed E-state index contributed by atoms with van der Waals surface area (Å²) in [6, 6.07) is 64.3. The van der Waals surface area contributed by atoms with Crippen LogP contribution in [-0.2, 0) is 5.41 Å². The van der Waals surface area contributed by atoms with E-state index in [1.807, 2.05) is 11.8 Å². The topological polar surface area (TPSA) is 0 Å². The smallest absolute Gasteiger partial charge is 0.0737 e. The molecule has 0 saturated carbocycles. The van der Waals surface area contributed by atoms with Crippen molar-refractivity contribution in [3.05, 3.63) is 192 Å². The zero-order chi connectivity index (χ0) is 32.6. The Kier molecular flexibility index (Phi) is 5.20. The second-order valence-corrected chi connectivity index (χ2v) is 15.0. The van der Waals surface area contributed by atoms with Crippen molar-refractivity contribution in [2.75, 3.05) is 0 Å². The minimum absolute atomic E-state index is 0.463. The van der Waals surface area contributed by atoms with Crippen molar-refractivity contribution in [3.8, 4) is 44.5 Å². The Labute approximate surface area is 294 Å². The lowest BCUT2D eigenvalue weighted by molar-refractivity contribution is 0.809. The van der Waals surface area contributed by atoms with Gasteiger partial charge in [-0.25, -0.2) is 0 Å². The van der Waals surface area contributed by atoms with Crippen LogP contribution in [0.1, 0.15) is 22.3 Å². The molecular formula is C49H28S. The average Bonchev–Trinajstić information content (AvgIpc) is 3.65. The standard InChI is InChI=1S/C49H28S/c1-3-12-33-29(10-1)20-24-40-41-25-21-30-11-2-4-13-34(30)48(41)49(47(33)40)42-18-7-5-14-35(42)36-23-22-31(28-43(36)49)32-26-27-45-46-38(32)16-9-17-39(46)37-15-6-8-19-44(37)50-45/h1-28H. The van der Waals surface area contributed by atoms with E-state index in [-0.39, 0.29) is 0 Å². The Balaban J connectivity index is 1.22. The third kappa shape index (κ3) is 3.24. The molecule has 0 atom stereocenters. The molecule has 50 heavy (non-hydrogen) atoms. The van der Waals surface area contributed by atoms with Crippen LogP contribution in [0.5, 0.6) is 0 Å². The first kappa shape index (κ1) is 27.0. The van der Waals surface area contributed by atoms with Gasteiger partial charge in [0.1, 0.15) is 0 Å². The maximum absolute atomic E-state index is 2.55. The molecule has 0 N–H and O–H groups in total. The third-order valence-electron chi connectivity index (χ3n) is 11.7. The van der Waals surface area contributed by atoms with Crippen LogP contribution < -0.4 is 0 Å². The molecule has 0 bridgehead atoms. The van der Waals surface area contributed by atoms with Gasteiger partial charge in [-0.05, 0) is 112 Å². The van der Waals surface area contributed by atoms with Crippen LogP contribution >= 0.6 is 11.8 Å². The lowest BCUT2D eigenvalue weighted by Gasteiger charge is -2.32. The highest BCUT2D eigenvalue weighted by atomic mass is 32.2. The minimum Gasteiger partial charge on any atom is -0.0888 e. The summed E-state index contributed by atoms with van der Waals surface area (Å²) in [5, 5.41) is 7.90. The van der Waals surface area contributed by atoms with Gasteiger partial charge in [0, 0.05) is 15.2 Å². The number of hydrogen-bond donors (Lipinski definition) is 0. The first-order chi connectivity index (χ1) is 24.8. The van der Waals surface area contributed by atoms with E-state index >= 15 is 0 Å². The molecule has 2 aliphatic carbocycles. The normalized spacial score (nSPS) is 14.1. The van der Waals surface area contributed by atoms with Gasteiger partial charge < -0.3 is 0 Å². The van der Waals surface area contributed by atoms with Crippen molar-refractivity contribution in [2.45, 2.75) is 15.2 Å². The van der Waals surface area contributed by atoms with Crippen LogP contribution in [0, 0.1) is 0 Å². The van der Waals surface area contributed by atoms with Gasteiger partial charge in [-0.2, -0.15) is 0 Å². The van der Waals surface area contributed by atoms with E-state index in [1.165, 1.54) is 109 Å². The maximum atomic E-state index is 2.55. The van der Waals surface area contributed by atoms with Crippen LogP contribution in [0.4, 0.5) is 0 Å². The Morgan fingerprint density at radius 1 is 0.340 bits per heavy atom. The molecule has 0 amide bonds. The van der Waals surface area contributed by atoms with Crippen LogP contribution in [0.15, 0.2) is 180 Å². The van der Waals surface area contributed by atoms with Gasteiger partial charge in [0.2, 0.25) is 0 Å². The molecule has 0 saturated heterocycles. The predicted molar refractivity (Wildman–Crippen MR) is 210 cm³/mol. The molecule has 3 aliphatic rings. The van der Waals surface area contributed by atoms with Crippen molar-refractivity contribution in [1.29, 1.82) is 0 Å². The Bertz CT molecular complexity index is 2880. The summed E-state index contributed by atoms with van der Waals surface area (Å²) in [5.74, 6) is 0.